The summed E-state index contributed by atoms with van der Waals surface area (Å²) < 4.78 is 30.8. The number of carbonyl (C=O) groups is 1. The van der Waals surface area contributed by atoms with Crippen LogP contribution >= 0.6 is 0 Å². The molecule has 1 aromatic carbocycles. The summed E-state index contributed by atoms with van der Waals surface area (Å²) in [5, 5.41) is 2.72. The minimum atomic E-state index is -3.47. The third-order valence-corrected chi connectivity index (χ3v) is 4.15. The van der Waals surface area contributed by atoms with Crippen LogP contribution in [0.1, 0.15) is 20.8 Å². The predicted octanol–water partition coefficient (Wildman–Crippen LogP) is 1.62. The van der Waals surface area contributed by atoms with Gasteiger partial charge in [0.25, 0.3) is 0 Å². The first-order chi connectivity index (χ1) is 10.3. The molecule has 0 aliphatic carbocycles. The molecule has 0 saturated heterocycles. The van der Waals surface area contributed by atoms with Crippen molar-refractivity contribution in [2.75, 3.05) is 30.3 Å². The standard InChI is InChI=1S/C15H24N2O4S/c1-5-21-14-9-7-6-8-13(14)17(22(4,19)20)11-10-16-15(18)12(2)3/h6-9,12H,5,10-11H2,1-4H3,(H,16,18). The summed E-state index contributed by atoms with van der Waals surface area (Å²) in [6.45, 7) is 6.25. The quantitative estimate of drug-likeness (QED) is 0.787. The van der Waals surface area contributed by atoms with Crippen LogP contribution in [0.5, 0.6) is 5.75 Å². The monoisotopic (exact) mass is 328 g/mol. The van der Waals surface area contributed by atoms with Crippen LogP contribution in [0.3, 0.4) is 0 Å². The molecule has 0 heterocycles. The molecule has 0 spiro atoms. The first-order valence-electron chi connectivity index (χ1n) is 7.24. The second-order valence-corrected chi connectivity index (χ2v) is 7.09. The number of sulfonamides is 1. The minimum absolute atomic E-state index is 0.105. The van der Waals surface area contributed by atoms with Crippen LogP contribution in [-0.2, 0) is 14.8 Å². The van der Waals surface area contributed by atoms with Crippen molar-refractivity contribution >= 4 is 21.6 Å². The van der Waals surface area contributed by atoms with Gasteiger partial charge in [0.1, 0.15) is 5.75 Å². The normalized spacial score (nSPS) is 11.3. The van der Waals surface area contributed by atoms with E-state index in [1.54, 1.807) is 38.1 Å². The number of anilines is 1. The number of hydrogen-bond acceptors (Lipinski definition) is 4. The Morgan fingerprint density at radius 2 is 1.95 bits per heavy atom. The van der Waals surface area contributed by atoms with Crippen molar-refractivity contribution in [3.8, 4) is 5.75 Å². The first kappa shape index (κ1) is 18.3. The lowest BCUT2D eigenvalue weighted by atomic mass is 10.2. The number of carbonyl (C=O) groups excluding carboxylic acids is 1. The summed E-state index contributed by atoms with van der Waals surface area (Å²) in [7, 11) is -3.47. The smallest absolute Gasteiger partial charge is 0.232 e. The summed E-state index contributed by atoms with van der Waals surface area (Å²) in [6.07, 6.45) is 1.14. The van der Waals surface area contributed by atoms with Gasteiger partial charge < -0.3 is 10.1 Å². The molecule has 7 heteroatoms. The zero-order valence-corrected chi connectivity index (χ0v) is 14.3. The van der Waals surface area contributed by atoms with Crippen molar-refractivity contribution in [2.24, 2.45) is 5.92 Å². The molecule has 124 valence electrons. The van der Waals surface area contributed by atoms with Gasteiger partial charge in [-0.3, -0.25) is 9.10 Å². The van der Waals surface area contributed by atoms with E-state index in [-0.39, 0.29) is 24.9 Å². The van der Waals surface area contributed by atoms with E-state index in [1.165, 1.54) is 4.31 Å². The highest BCUT2D eigenvalue weighted by molar-refractivity contribution is 7.92. The van der Waals surface area contributed by atoms with Crippen LogP contribution in [0.25, 0.3) is 0 Å². The maximum atomic E-state index is 12.1. The molecule has 0 saturated carbocycles. The fraction of sp³-hybridized carbons (Fsp3) is 0.533. The van der Waals surface area contributed by atoms with Crippen molar-refractivity contribution in [1.82, 2.24) is 5.32 Å². The highest BCUT2D eigenvalue weighted by atomic mass is 32.2. The molecule has 0 atom stereocenters. The third-order valence-electron chi connectivity index (χ3n) is 2.97. The molecule has 22 heavy (non-hydrogen) atoms. The van der Waals surface area contributed by atoms with E-state index in [0.29, 0.717) is 18.0 Å². The number of nitrogens with one attached hydrogen (secondary N) is 1. The molecule has 6 nitrogen and oxygen atoms in total. The van der Waals surface area contributed by atoms with E-state index in [9.17, 15) is 13.2 Å². The fourth-order valence-electron chi connectivity index (χ4n) is 1.89. The lowest BCUT2D eigenvalue weighted by Crippen LogP contribution is -2.39. The Morgan fingerprint density at radius 1 is 1.32 bits per heavy atom. The largest absolute Gasteiger partial charge is 0.492 e. The van der Waals surface area contributed by atoms with Gasteiger partial charge in [-0.1, -0.05) is 26.0 Å². The molecule has 0 radical (unpaired) electrons. The Balaban J connectivity index is 2.93. The number of nitrogens with zero attached hydrogens (tertiary/aromatic N) is 1. The highest BCUT2D eigenvalue weighted by Gasteiger charge is 2.21. The molecule has 0 aliphatic rings. The topological polar surface area (TPSA) is 75.7 Å². The number of benzene rings is 1. The van der Waals surface area contributed by atoms with E-state index in [0.717, 1.165) is 6.26 Å². The molecule has 1 N–H and O–H groups in total. The summed E-state index contributed by atoms with van der Waals surface area (Å²) in [4.78, 5) is 11.6. The molecular formula is C15H24N2O4S. The van der Waals surface area contributed by atoms with Crippen molar-refractivity contribution in [3.63, 3.8) is 0 Å². The van der Waals surface area contributed by atoms with Gasteiger partial charge in [0, 0.05) is 12.5 Å². The van der Waals surface area contributed by atoms with Crippen LogP contribution in [0.2, 0.25) is 0 Å². The first-order valence-corrected chi connectivity index (χ1v) is 9.09. The molecule has 0 aliphatic heterocycles. The van der Waals surface area contributed by atoms with Crippen molar-refractivity contribution in [1.29, 1.82) is 0 Å². The van der Waals surface area contributed by atoms with Gasteiger partial charge >= 0.3 is 0 Å². The molecule has 1 amide bonds. The molecule has 1 aromatic rings. The molecule has 0 fully saturated rings. The predicted molar refractivity (Wildman–Crippen MR) is 87.6 cm³/mol. The maximum absolute atomic E-state index is 12.1. The average molecular weight is 328 g/mol. The number of ether oxygens (including phenoxy) is 1. The van der Waals surface area contributed by atoms with Crippen LogP contribution in [0.15, 0.2) is 24.3 Å². The van der Waals surface area contributed by atoms with Crippen LogP contribution in [0, 0.1) is 5.92 Å². The van der Waals surface area contributed by atoms with Gasteiger partial charge in [0.2, 0.25) is 15.9 Å². The zero-order chi connectivity index (χ0) is 16.8. The zero-order valence-electron chi connectivity index (χ0n) is 13.5. The second-order valence-electron chi connectivity index (χ2n) is 5.18. The summed E-state index contributed by atoms with van der Waals surface area (Å²) in [6, 6.07) is 6.96. The lowest BCUT2D eigenvalue weighted by Gasteiger charge is -2.24. The van der Waals surface area contributed by atoms with E-state index < -0.39 is 10.0 Å². The summed E-state index contributed by atoms with van der Waals surface area (Å²) >= 11 is 0. The minimum Gasteiger partial charge on any atom is -0.492 e. The van der Waals surface area contributed by atoms with Crippen molar-refractivity contribution in [3.05, 3.63) is 24.3 Å². The number of amides is 1. The molecule has 0 unspecified atom stereocenters. The number of para-hydroxylation sites is 2. The van der Waals surface area contributed by atoms with E-state index >= 15 is 0 Å². The van der Waals surface area contributed by atoms with Crippen LogP contribution < -0.4 is 14.4 Å². The second kappa shape index (κ2) is 8.03. The molecule has 0 bridgehead atoms. The summed E-state index contributed by atoms with van der Waals surface area (Å²) in [5.41, 5.74) is 0.477. The summed E-state index contributed by atoms with van der Waals surface area (Å²) in [5.74, 6) is 0.263. The van der Waals surface area contributed by atoms with Crippen molar-refractivity contribution in [2.45, 2.75) is 20.8 Å². The van der Waals surface area contributed by atoms with Crippen LogP contribution in [0.4, 0.5) is 5.69 Å². The van der Waals surface area contributed by atoms with E-state index in [2.05, 4.69) is 5.32 Å². The SMILES string of the molecule is CCOc1ccccc1N(CCNC(=O)C(C)C)S(C)(=O)=O. The van der Waals surface area contributed by atoms with Gasteiger partial charge in [0.15, 0.2) is 0 Å². The Morgan fingerprint density at radius 3 is 2.50 bits per heavy atom. The van der Waals surface area contributed by atoms with Gasteiger partial charge in [-0.15, -0.1) is 0 Å². The Kier molecular flexibility index (Phi) is 6.67. The van der Waals surface area contributed by atoms with Gasteiger partial charge in [0.05, 0.1) is 25.1 Å². The Labute approximate surface area is 132 Å². The Hall–Kier alpha value is -1.76. The molecule has 0 aromatic heterocycles. The van der Waals surface area contributed by atoms with Gasteiger partial charge in [-0.2, -0.15) is 0 Å². The van der Waals surface area contributed by atoms with E-state index in [1.807, 2.05) is 6.92 Å². The lowest BCUT2D eigenvalue weighted by molar-refractivity contribution is -0.123. The average Bonchev–Trinajstić information content (AvgIpc) is 2.43. The van der Waals surface area contributed by atoms with Gasteiger partial charge in [-0.05, 0) is 19.1 Å². The maximum Gasteiger partial charge on any atom is 0.232 e. The number of rotatable bonds is 8. The van der Waals surface area contributed by atoms with Crippen LogP contribution in [-0.4, -0.2) is 40.3 Å². The third kappa shape index (κ3) is 5.22. The van der Waals surface area contributed by atoms with E-state index in [4.69, 9.17) is 4.74 Å². The molecular weight excluding hydrogens is 304 g/mol. The highest BCUT2D eigenvalue weighted by Crippen LogP contribution is 2.29. The van der Waals surface area contributed by atoms with Crippen molar-refractivity contribution < 1.29 is 17.9 Å². The fourth-order valence-corrected chi connectivity index (χ4v) is 2.82. The number of hydrogen-bond donors (Lipinski definition) is 1. The Bertz CT molecular complexity index is 599. The molecule has 1 rings (SSSR count). The van der Waals surface area contributed by atoms with Gasteiger partial charge in [-0.25, -0.2) is 8.42 Å².